The molecule has 1 aromatic rings. The van der Waals surface area contributed by atoms with Crippen LogP contribution in [0.25, 0.3) is 0 Å². The van der Waals surface area contributed by atoms with Crippen molar-refractivity contribution in [3.63, 3.8) is 0 Å². The Balaban J connectivity index is 1.77. The summed E-state index contributed by atoms with van der Waals surface area (Å²) in [4.78, 5) is 11.4. The molecule has 1 aromatic carbocycles. The van der Waals surface area contributed by atoms with Gasteiger partial charge in [0.2, 0.25) is 0 Å². The van der Waals surface area contributed by atoms with Crippen LogP contribution in [0.4, 0.5) is 0 Å². The van der Waals surface area contributed by atoms with Crippen LogP contribution in [0, 0.1) is 5.92 Å². The lowest BCUT2D eigenvalue weighted by Crippen LogP contribution is -2.06. The van der Waals surface area contributed by atoms with Gasteiger partial charge in [-0.1, -0.05) is 57.2 Å². The molecular formula is C19H26O2. The first kappa shape index (κ1) is 15.8. The van der Waals surface area contributed by atoms with Crippen LogP contribution in [-0.4, -0.2) is 12.6 Å². The third kappa shape index (κ3) is 5.04. The maximum absolute atomic E-state index is 11.4. The topological polar surface area (TPSA) is 26.3 Å². The van der Waals surface area contributed by atoms with Gasteiger partial charge in [0.05, 0.1) is 12.5 Å². The van der Waals surface area contributed by atoms with Crippen LogP contribution in [0.2, 0.25) is 0 Å². The number of esters is 1. The number of carbonyl (C=O) groups is 1. The molecule has 2 rings (SSSR count). The highest BCUT2D eigenvalue weighted by Gasteiger charge is 2.30. The van der Waals surface area contributed by atoms with E-state index in [1.807, 2.05) is 0 Å². The summed E-state index contributed by atoms with van der Waals surface area (Å²) in [7, 11) is 0. The van der Waals surface area contributed by atoms with Crippen LogP contribution in [0.5, 0.6) is 0 Å². The second-order valence-electron chi connectivity index (χ2n) is 6.27. The molecule has 0 heterocycles. The quantitative estimate of drug-likeness (QED) is 0.408. The largest absolute Gasteiger partial charge is 0.465 e. The maximum atomic E-state index is 11.4. The summed E-state index contributed by atoms with van der Waals surface area (Å²) in [5, 5.41) is 0. The molecule has 1 fully saturated rings. The molecule has 0 saturated heterocycles. The van der Waals surface area contributed by atoms with Gasteiger partial charge in [-0.3, -0.25) is 4.79 Å². The fourth-order valence-electron chi connectivity index (χ4n) is 2.28. The van der Waals surface area contributed by atoms with Crippen molar-refractivity contribution in [1.82, 2.24) is 0 Å². The summed E-state index contributed by atoms with van der Waals surface area (Å²) >= 11 is 0. The van der Waals surface area contributed by atoms with Crippen molar-refractivity contribution in [2.75, 3.05) is 6.61 Å². The van der Waals surface area contributed by atoms with Gasteiger partial charge in [-0.15, -0.1) is 0 Å². The number of hydrogen-bond donors (Lipinski definition) is 0. The summed E-state index contributed by atoms with van der Waals surface area (Å²) in [5.41, 5.74) is 2.72. The number of carbonyl (C=O) groups excluding carboxylic acids is 1. The van der Waals surface area contributed by atoms with Gasteiger partial charge >= 0.3 is 5.97 Å². The molecule has 0 amide bonds. The number of rotatable bonds is 7. The van der Waals surface area contributed by atoms with Gasteiger partial charge < -0.3 is 4.74 Å². The smallest absolute Gasteiger partial charge is 0.308 e. The van der Waals surface area contributed by atoms with Crippen molar-refractivity contribution in [3.05, 3.63) is 47.5 Å². The summed E-state index contributed by atoms with van der Waals surface area (Å²) in [6.45, 7) is 7.14. The van der Waals surface area contributed by atoms with Gasteiger partial charge in [0.15, 0.2) is 0 Å². The predicted molar refractivity (Wildman–Crippen MR) is 86.4 cm³/mol. The Morgan fingerprint density at radius 1 is 1.29 bits per heavy atom. The van der Waals surface area contributed by atoms with Crippen molar-refractivity contribution in [2.24, 2.45) is 5.92 Å². The lowest BCUT2D eigenvalue weighted by atomic mass is 9.94. The van der Waals surface area contributed by atoms with Crippen molar-refractivity contribution in [2.45, 2.75) is 51.9 Å². The van der Waals surface area contributed by atoms with Crippen molar-refractivity contribution < 1.29 is 9.53 Å². The molecule has 0 N–H and O–H groups in total. The van der Waals surface area contributed by atoms with Gasteiger partial charge in [-0.05, 0) is 42.2 Å². The molecule has 2 heteroatoms. The van der Waals surface area contributed by atoms with E-state index in [-0.39, 0.29) is 11.9 Å². The van der Waals surface area contributed by atoms with Crippen LogP contribution in [0.1, 0.15) is 63.0 Å². The van der Waals surface area contributed by atoms with Crippen LogP contribution < -0.4 is 0 Å². The van der Waals surface area contributed by atoms with Crippen molar-refractivity contribution >= 4 is 5.97 Å². The van der Waals surface area contributed by atoms with E-state index in [4.69, 9.17) is 4.74 Å². The highest BCUT2D eigenvalue weighted by atomic mass is 16.5. The SMILES string of the molecule is CC(C)c1cccc(C(C)/C=C/CCOC(=O)C2CC2)c1. The summed E-state index contributed by atoms with van der Waals surface area (Å²) < 4.78 is 5.21. The minimum Gasteiger partial charge on any atom is -0.465 e. The molecule has 1 saturated carbocycles. The third-order valence-electron chi connectivity index (χ3n) is 3.97. The Morgan fingerprint density at radius 3 is 2.67 bits per heavy atom. The lowest BCUT2D eigenvalue weighted by molar-refractivity contribution is -0.145. The number of ether oxygens (including phenoxy) is 1. The second-order valence-corrected chi connectivity index (χ2v) is 6.27. The number of hydrogen-bond acceptors (Lipinski definition) is 2. The normalized spacial score (nSPS) is 16.4. The molecule has 0 bridgehead atoms. The van der Waals surface area contributed by atoms with Crippen molar-refractivity contribution in [3.8, 4) is 0 Å². The highest BCUT2D eigenvalue weighted by molar-refractivity contribution is 5.74. The fraction of sp³-hybridized carbons (Fsp3) is 0.526. The summed E-state index contributed by atoms with van der Waals surface area (Å²) in [6, 6.07) is 8.77. The van der Waals surface area contributed by atoms with Gasteiger partial charge in [0, 0.05) is 0 Å². The van der Waals surface area contributed by atoms with Crippen LogP contribution in [0.15, 0.2) is 36.4 Å². The number of allylic oxidation sites excluding steroid dienone is 1. The van der Waals surface area contributed by atoms with Gasteiger partial charge in [-0.2, -0.15) is 0 Å². The molecule has 114 valence electrons. The Hall–Kier alpha value is -1.57. The average Bonchev–Trinajstić information content (AvgIpc) is 3.31. The van der Waals surface area contributed by atoms with Crippen LogP contribution >= 0.6 is 0 Å². The first-order chi connectivity index (χ1) is 10.1. The molecule has 0 radical (unpaired) electrons. The van der Waals surface area contributed by atoms with E-state index < -0.39 is 0 Å². The van der Waals surface area contributed by atoms with Gasteiger partial charge in [0.1, 0.15) is 0 Å². The van der Waals surface area contributed by atoms with Crippen LogP contribution in [-0.2, 0) is 9.53 Å². The molecule has 1 atom stereocenters. The second kappa shape index (κ2) is 7.44. The molecule has 0 aromatic heterocycles. The number of benzene rings is 1. The van der Waals surface area contributed by atoms with E-state index >= 15 is 0 Å². The van der Waals surface area contributed by atoms with Gasteiger partial charge in [-0.25, -0.2) is 0 Å². The van der Waals surface area contributed by atoms with E-state index in [0.717, 1.165) is 19.3 Å². The third-order valence-corrected chi connectivity index (χ3v) is 3.97. The predicted octanol–water partition coefficient (Wildman–Crippen LogP) is 4.81. The Kier molecular flexibility index (Phi) is 5.60. The monoisotopic (exact) mass is 286 g/mol. The van der Waals surface area contributed by atoms with E-state index in [1.165, 1.54) is 11.1 Å². The molecule has 0 spiro atoms. The fourth-order valence-corrected chi connectivity index (χ4v) is 2.28. The lowest BCUT2D eigenvalue weighted by Gasteiger charge is -2.11. The minimum atomic E-state index is -0.0129. The Morgan fingerprint density at radius 2 is 2.00 bits per heavy atom. The summed E-state index contributed by atoms with van der Waals surface area (Å²) in [5.74, 6) is 1.14. The first-order valence-corrected chi connectivity index (χ1v) is 8.01. The van der Waals surface area contributed by atoms with E-state index in [2.05, 4.69) is 57.2 Å². The highest BCUT2D eigenvalue weighted by Crippen LogP contribution is 2.30. The van der Waals surface area contributed by atoms with Gasteiger partial charge in [0.25, 0.3) is 0 Å². The summed E-state index contributed by atoms with van der Waals surface area (Å²) in [6.07, 6.45) is 7.14. The van der Waals surface area contributed by atoms with Crippen molar-refractivity contribution in [1.29, 1.82) is 0 Å². The van der Waals surface area contributed by atoms with Crippen LogP contribution in [0.3, 0.4) is 0 Å². The zero-order valence-electron chi connectivity index (χ0n) is 13.3. The molecular weight excluding hydrogens is 260 g/mol. The van der Waals surface area contributed by atoms with E-state index in [0.29, 0.717) is 18.4 Å². The standard InChI is InChI=1S/C19H26O2/c1-14(2)17-8-6-9-18(13-17)15(3)7-4-5-12-21-19(20)16-10-11-16/h4,6-9,13-16H,5,10-12H2,1-3H3/b7-4+. The maximum Gasteiger partial charge on any atom is 0.308 e. The average molecular weight is 286 g/mol. The molecule has 1 aliphatic rings. The first-order valence-electron chi connectivity index (χ1n) is 8.01. The van der Waals surface area contributed by atoms with E-state index in [1.54, 1.807) is 0 Å². The minimum absolute atomic E-state index is 0.0129. The molecule has 2 nitrogen and oxygen atoms in total. The molecule has 21 heavy (non-hydrogen) atoms. The Bertz CT molecular complexity index is 498. The zero-order valence-corrected chi connectivity index (χ0v) is 13.3. The zero-order chi connectivity index (χ0) is 15.2. The Labute approximate surface area is 128 Å². The molecule has 0 aliphatic heterocycles. The van der Waals surface area contributed by atoms with E-state index in [9.17, 15) is 4.79 Å². The molecule has 1 unspecified atom stereocenters. The molecule has 1 aliphatic carbocycles.